The first-order chi connectivity index (χ1) is 12.1. The number of aromatic hydroxyl groups is 1. The van der Waals surface area contributed by atoms with Crippen molar-refractivity contribution in [3.8, 4) is 5.75 Å². The van der Waals surface area contributed by atoms with E-state index in [2.05, 4.69) is 4.84 Å². The maximum absolute atomic E-state index is 12.6. The highest BCUT2D eigenvalue weighted by Gasteiger charge is 2.39. The molecule has 1 N–H and O–H groups in total. The molecule has 0 saturated carbocycles. The summed E-state index contributed by atoms with van der Waals surface area (Å²) in [4.78, 5) is 27.2. The van der Waals surface area contributed by atoms with Gasteiger partial charge in [0.25, 0.3) is 5.09 Å². The number of carbonyl (C=O) groups is 1. The summed E-state index contributed by atoms with van der Waals surface area (Å²) in [6.07, 6.45) is -0.593. The van der Waals surface area contributed by atoms with Crippen molar-refractivity contribution in [2.75, 3.05) is 0 Å². The van der Waals surface area contributed by atoms with Crippen LogP contribution in [0.4, 0.5) is 0 Å². The van der Waals surface area contributed by atoms with E-state index >= 15 is 0 Å². The summed E-state index contributed by atoms with van der Waals surface area (Å²) in [5.41, 5.74) is 0.0450. The quantitative estimate of drug-likeness (QED) is 0.344. The number of carbonyl (C=O) groups excluding carboxylic acids is 1. The van der Waals surface area contributed by atoms with E-state index in [-0.39, 0.29) is 11.7 Å². The number of phenolic OH excluding ortho intramolecular Hbond substituents is 1. The van der Waals surface area contributed by atoms with Crippen molar-refractivity contribution in [3.05, 3.63) is 52.1 Å². The van der Waals surface area contributed by atoms with Crippen LogP contribution in [0.2, 0.25) is 0 Å². The summed E-state index contributed by atoms with van der Waals surface area (Å²) >= 11 is 0. The molecule has 0 aliphatic carbocycles. The minimum atomic E-state index is -1.27. The first-order valence-corrected chi connectivity index (χ1v) is 8.40. The van der Waals surface area contributed by atoms with Crippen LogP contribution in [0, 0.1) is 15.5 Å². The van der Waals surface area contributed by atoms with E-state index in [9.17, 15) is 20.0 Å². The lowest BCUT2D eigenvalue weighted by Crippen LogP contribution is -2.36. The summed E-state index contributed by atoms with van der Waals surface area (Å²) in [6, 6.07) is 10.9. The molecule has 0 fully saturated rings. The van der Waals surface area contributed by atoms with Gasteiger partial charge < -0.3 is 9.84 Å². The second-order valence-corrected chi connectivity index (χ2v) is 6.78. The Balaban J connectivity index is 2.28. The molecular weight excluding hydrogens is 338 g/mol. The molecule has 140 valence electrons. The normalized spacial score (nSPS) is 13.8. The number of benzene rings is 2. The van der Waals surface area contributed by atoms with Crippen molar-refractivity contribution in [1.29, 1.82) is 0 Å². The molecular formula is C19H23NO6. The number of nitrogens with zero attached hydrogens (tertiary/aromatic N) is 1. The molecule has 0 spiro atoms. The lowest BCUT2D eigenvalue weighted by molar-refractivity contribution is -0.777. The molecule has 2 unspecified atom stereocenters. The molecule has 0 heterocycles. The molecule has 2 aromatic carbocycles. The monoisotopic (exact) mass is 361 g/mol. The van der Waals surface area contributed by atoms with E-state index in [1.807, 2.05) is 31.2 Å². The summed E-state index contributed by atoms with van der Waals surface area (Å²) in [6.45, 7) is 6.78. The van der Waals surface area contributed by atoms with Gasteiger partial charge in [-0.3, -0.25) is 9.63 Å². The standard InChI is InChI=1S/C19H23NO6/c1-5-17(19(3,4)18(22)25-12(2)26-20(23)24)15-7-6-14-11-16(21)9-8-13(14)10-15/h6-12,17,21H,5H2,1-4H3. The minimum Gasteiger partial charge on any atom is -0.508 e. The van der Waals surface area contributed by atoms with Gasteiger partial charge in [0.05, 0.1) is 5.41 Å². The summed E-state index contributed by atoms with van der Waals surface area (Å²) in [5, 5.41) is 20.8. The third-order valence-electron chi connectivity index (χ3n) is 4.56. The third-order valence-corrected chi connectivity index (χ3v) is 4.56. The van der Waals surface area contributed by atoms with Crippen LogP contribution in [0.3, 0.4) is 0 Å². The molecule has 0 radical (unpaired) electrons. The number of phenols is 1. The topological polar surface area (TPSA) is 98.9 Å². The van der Waals surface area contributed by atoms with E-state index in [1.54, 1.807) is 26.0 Å². The van der Waals surface area contributed by atoms with Crippen LogP contribution in [-0.2, 0) is 14.4 Å². The Bertz CT molecular complexity index is 817. The Kier molecular flexibility index (Phi) is 5.69. The summed E-state index contributed by atoms with van der Waals surface area (Å²) in [5.74, 6) is -0.526. The van der Waals surface area contributed by atoms with E-state index < -0.39 is 22.8 Å². The lowest BCUT2D eigenvalue weighted by atomic mass is 9.73. The lowest BCUT2D eigenvalue weighted by Gasteiger charge is -2.32. The van der Waals surface area contributed by atoms with Crippen molar-refractivity contribution >= 4 is 16.7 Å². The maximum Gasteiger partial charge on any atom is 0.314 e. The van der Waals surface area contributed by atoms with E-state index in [1.165, 1.54) is 6.92 Å². The average molecular weight is 361 g/mol. The van der Waals surface area contributed by atoms with Gasteiger partial charge in [-0.1, -0.05) is 31.2 Å². The molecule has 7 nitrogen and oxygen atoms in total. The van der Waals surface area contributed by atoms with Crippen LogP contribution in [0.25, 0.3) is 10.8 Å². The fourth-order valence-corrected chi connectivity index (χ4v) is 3.22. The number of hydrogen-bond donors (Lipinski definition) is 1. The fourth-order valence-electron chi connectivity index (χ4n) is 3.22. The van der Waals surface area contributed by atoms with Crippen LogP contribution in [0.5, 0.6) is 5.75 Å². The van der Waals surface area contributed by atoms with Gasteiger partial charge in [-0.2, -0.15) is 0 Å². The molecule has 2 aromatic rings. The second kappa shape index (κ2) is 7.59. The van der Waals surface area contributed by atoms with Gasteiger partial charge >= 0.3 is 5.97 Å². The predicted molar refractivity (Wildman–Crippen MR) is 96.1 cm³/mol. The van der Waals surface area contributed by atoms with Crippen LogP contribution < -0.4 is 0 Å². The second-order valence-electron chi connectivity index (χ2n) is 6.78. The van der Waals surface area contributed by atoms with Crippen LogP contribution in [-0.4, -0.2) is 22.5 Å². The highest BCUT2D eigenvalue weighted by molar-refractivity contribution is 5.85. The Labute approximate surface area is 151 Å². The summed E-state index contributed by atoms with van der Waals surface area (Å²) < 4.78 is 5.10. The van der Waals surface area contributed by atoms with Crippen molar-refractivity contribution in [1.82, 2.24) is 0 Å². The zero-order chi connectivity index (χ0) is 19.5. The van der Waals surface area contributed by atoms with Gasteiger partial charge in [0.15, 0.2) is 0 Å². The average Bonchev–Trinajstić information content (AvgIpc) is 2.54. The van der Waals surface area contributed by atoms with Gasteiger partial charge in [-0.05, 0) is 61.6 Å². The van der Waals surface area contributed by atoms with Crippen LogP contribution >= 0.6 is 0 Å². The van der Waals surface area contributed by atoms with Gasteiger partial charge in [0.1, 0.15) is 5.75 Å². The fraction of sp³-hybridized carbons (Fsp3) is 0.421. The number of rotatable bonds is 7. The van der Waals surface area contributed by atoms with Gasteiger partial charge in [-0.25, -0.2) is 0 Å². The predicted octanol–water partition coefficient (Wildman–Crippen LogP) is 4.16. The zero-order valence-electron chi connectivity index (χ0n) is 15.3. The van der Waals surface area contributed by atoms with Crippen LogP contribution in [0.1, 0.15) is 45.6 Å². The molecule has 0 aromatic heterocycles. The minimum absolute atomic E-state index is 0.156. The molecule has 0 bridgehead atoms. The molecule has 26 heavy (non-hydrogen) atoms. The Morgan fingerprint density at radius 2 is 1.85 bits per heavy atom. The Morgan fingerprint density at radius 3 is 2.46 bits per heavy atom. The van der Waals surface area contributed by atoms with Crippen molar-refractivity contribution in [3.63, 3.8) is 0 Å². The summed E-state index contributed by atoms with van der Waals surface area (Å²) in [7, 11) is 0. The highest BCUT2D eigenvalue weighted by Crippen LogP contribution is 2.40. The molecule has 0 amide bonds. The van der Waals surface area contributed by atoms with Crippen molar-refractivity contribution in [2.24, 2.45) is 5.41 Å². The SMILES string of the molecule is CCC(c1ccc2cc(O)ccc2c1)C(C)(C)C(=O)OC(C)O[N+](=O)[O-]. The Morgan fingerprint density at radius 1 is 1.23 bits per heavy atom. The number of esters is 1. The third kappa shape index (κ3) is 4.22. The maximum atomic E-state index is 12.6. The van der Waals surface area contributed by atoms with Crippen molar-refractivity contribution < 1.29 is 24.6 Å². The molecule has 2 rings (SSSR count). The number of hydrogen-bond acceptors (Lipinski definition) is 6. The van der Waals surface area contributed by atoms with E-state index in [0.29, 0.717) is 6.42 Å². The number of fused-ring (bicyclic) bond motifs is 1. The van der Waals surface area contributed by atoms with E-state index in [4.69, 9.17) is 4.74 Å². The smallest absolute Gasteiger partial charge is 0.314 e. The Hall–Kier alpha value is -2.83. The molecule has 2 atom stereocenters. The molecule has 0 saturated heterocycles. The molecule has 0 aliphatic heterocycles. The first-order valence-electron chi connectivity index (χ1n) is 8.40. The van der Waals surface area contributed by atoms with Gasteiger partial charge in [-0.15, -0.1) is 10.1 Å². The molecule has 0 aliphatic rings. The van der Waals surface area contributed by atoms with Crippen LogP contribution in [0.15, 0.2) is 36.4 Å². The largest absolute Gasteiger partial charge is 0.508 e. The van der Waals surface area contributed by atoms with Gasteiger partial charge in [0.2, 0.25) is 6.29 Å². The molecule has 7 heteroatoms. The highest BCUT2D eigenvalue weighted by atomic mass is 17.0. The number of ether oxygens (including phenoxy) is 1. The van der Waals surface area contributed by atoms with Gasteiger partial charge in [0, 0.05) is 0 Å². The van der Waals surface area contributed by atoms with Crippen molar-refractivity contribution in [2.45, 2.75) is 46.3 Å². The first kappa shape index (κ1) is 19.5. The zero-order valence-corrected chi connectivity index (χ0v) is 15.3. The van der Waals surface area contributed by atoms with E-state index in [0.717, 1.165) is 16.3 Å².